The van der Waals surface area contributed by atoms with Crippen molar-refractivity contribution in [1.82, 2.24) is 5.32 Å². The van der Waals surface area contributed by atoms with E-state index in [4.69, 9.17) is 11.6 Å². The maximum Gasteiger partial charge on any atom is 0.253 e. The molecule has 0 unspecified atom stereocenters. The molecule has 2 aromatic rings. The zero-order valence-electron chi connectivity index (χ0n) is 11.8. The van der Waals surface area contributed by atoms with Crippen LogP contribution < -0.4 is 10.6 Å². The lowest BCUT2D eigenvalue weighted by molar-refractivity contribution is -0.115. The summed E-state index contributed by atoms with van der Waals surface area (Å²) in [5, 5.41) is 5.64. The number of rotatable bonds is 4. The molecule has 0 bridgehead atoms. The van der Waals surface area contributed by atoms with Crippen LogP contribution in [-0.4, -0.2) is 18.4 Å². The van der Waals surface area contributed by atoms with Crippen LogP contribution in [0.2, 0.25) is 5.02 Å². The van der Waals surface area contributed by atoms with E-state index in [1.165, 1.54) is 0 Å². The number of carbonyl (C=O) groups excluding carboxylic acids is 2. The van der Waals surface area contributed by atoms with Crippen molar-refractivity contribution < 1.29 is 9.59 Å². The van der Waals surface area contributed by atoms with Crippen molar-refractivity contribution in [3.63, 3.8) is 0 Å². The van der Waals surface area contributed by atoms with Gasteiger partial charge in [0.15, 0.2) is 0 Å². The molecule has 0 aliphatic carbocycles. The van der Waals surface area contributed by atoms with E-state index in [1.54, 1.807) is 24.3 Å². The molecule has 0 heterocycles. The number of carbonyl (C=O) groups is 2. The number of benzene rings is 2. The number of amides is 2. The molecule has 0 spiro atoms. The fourth-order valence-electron chi connectivity index (χ4n) is 1.78. The lowest BCUT2D eigenvalue weighted by Crippen LogP contribution is -2.33. The average molecular weight is 429 g/mol. The lowest BCUT2D eigenvalue weighted by Gasteiger charge is -2.09. The maximum atomic E-state index is 11.9. The Kier molecular flexibility index (Phi) is 5.79. The van der Waals surface area contributed by atoms with Crippen molar-refractivity contribution >= 4 is 51.7 Å². The lowest BCUT2D eigenvalue weighted by atomic mass is 10.2. The SMILES string of the molecule is Cc1ccc(NC(=O)CNC(=O)c2ccccc2Cl)cc1I. The molecule has 0 saturated carbocycles. The molecule has 2 aromatic carbocycles. The minimum atomic E-state index is -0.376. The van der Waals surface area contributed by atoms with Gasteiger partial charge in [0.1, 0.15) is 0 Å². The summed E-state index contributed by atoms with van der Waals surface area (Å²) in [5.41, 5.74) is 2.19. The molecular weight excluding hydrogens is 415 g/mol. The largest absolute Gasteiger partial charge is 0.343 e. The van der Waals surface area contributed by atoms with Gasteiger partial charge in [-0.15, -0.1) is 0 Å². The Hall–Kier alpha value is -1.60. The van der Waals surface area contributed by atoms with E-state index >= 15 is 0 Å². The molecule has 2 amide bonds. The summed E-state index contributed by atoms with van der Waals surface area (Å²) in [5.74, 6) is -0.667. The zero-order chi connectivity index (χ0) is 16.1. The predicted molar refractivity (Wildman–Crippen MR) is 96.3 cm³/mol. The molecule has 0 aliphatic heterocycles. The van der Waals surface area contributed by atoms with Crippen LogP contribution in [0.25, 0.3) is 0 Å². The van der Waals surface area contributed by atoms with Crippen molar-refractivity contribution in [2.45, 2.75) is 6.92 Å². The van der Waals surface area contributed by atoms with Crippen LogP contribution in [0.1, 0.15) is 15.9 Å². The van der Waals surface area contributed by atoms with E-state index in [-0.39, 0.29) is 18.4 Å². The third kappa shape index (κ3) is 4.45. The molecule has 4 nitrogen and oxygen atoms in total. The molecule has 0 fully saturated rings. The molecule has 0 radical (unpaired) electrons. The molecule has 0 aliphatic rings. The van der Waals surface area contributed by atoms with E-state index in [0.29, 0.717) is 16.3 Å². The fourth-order valence-corrected chi connectivity index (χ4v) is 2.51. The van der Waals surface area contributed by atoms with Crippen molar-refractivity contribution in [2.24, 2.45) is 0 Å². The Morgan fingerprint density at radius 1 is 1.18 bits per heavy atom. The number of hydrogen-bond donors (Lipinski definition) is 2. The summed E-state index contributed by atoms with van der Waals surface area (Å²) in [6.45, 7) is 1.88. The number of nitrogens with one attached hydrogen (secondary N) is 2. The monoisotopic (exact) mass is 428 g/mol. The van der Waals surface area contributed by atoms with E-state index in [2.05, 4.69) is 33.2 Å². The highest BCUT2D eigenvalue weighted by Gasteiger charge is 2.11. The summed E-state index contributed by atoms with van der Waals surface area (Å²) in [6, 6.07) is 12.3. The third-order valence-corrected chi connectivity index (χ3v) is 4.48. The molecule has 6 heteroatoms. The van der Waals surface area contributed by atoms with Crippen molar-refractivity contribution in [3.8, 4) is 0 Å². The topological polar surface area (TPSA) is 58.2 Å². The molecule has 0 saturated heterocycles. The second-order valence-corrected chi connectivity index (χ2v) is 6.24. The zero-order valence-corrected chi connectivity index (χ0v) is 14.7. The van der Waals surface area contributed by atoms with E-state index < -0.39 is 0 Å². The summed E-state index contributed by atoms with van der Waals surface area (Å²) in [7, 11) is 0. The first kappa shape index (κ1) is 16.8. The van der Waals surface area contributed by atoms with Crippen LogP contribution in [-0.2, 0) is 4.79 Å². The Morgan fingerprint density at radius 3 is 2.59 bits per heavy atom. The molecule has 2 rings (SSSR count). The van der Waals surface area contributed by atoms with Gasteiger partial charge in [0.2, 0.25) is 5.91 Å². The Bertz CT molecular complexity index is 719. The van der Waals surface area contributed by atoms with Gasteiger partial charge in [-0.3, -0.25) is 9.59 Å². The van der Waals surface area contributed by atoms with Gasteiger partial charge in [0.05, 0.1) is 17.1 Å². The van der Waals surface area contributed by atoms with Gasteiger partial charge in [0, 0.05) is 9.26 Å². The van der Waals surface area contributed by atoms with E-state index in [0.717, 1.165) is 9.13 Å². The number of aryl methyl sites for hydroxylation is 1. The van der Waals surface area contributed by atoms with Gasteiger partial charge < -0.3 is 10.6 Å². The number of hydrogen-bond acceptors (Lipinski definition) is 2. The van der Waals surface area contributed by atoms with E-state index in [1.807, 2.05) is 25.1 Å². The van der Waals surface area contributed by atoms with Gasteiger partial charge in [-0.2, -0.15) is 0 Å². The molecule has 2 N–H and O–H groups in total. The smallest absolute Gasteiger partial charge is 0.253 e. The quantitative estimate of drug-likeness (QED) is 0.731. The highest BCUT2D eigenvalue weighted by atomic mass is 127. The summed E-state index contributed by atoms with van der Waals surface area (Å²) < 4.78 is 1.07. The summed E-state index contributed by atoms with van der Waals surface area (Å²) in [6.07, 6.45) is 0. The van der Waals surface area contributed by atoms with Gasteiger partial charge >= 0.3 is 0 Å². The normalized spacial score (nSPS) is 10.1. The van der Waals surface area contributed by atoms with Crippen LogP contribution >= 0.6 is 34.2 Å². The van der Waals surface area contributed by atoms with Gasteiger partial charge in [-0.25, -0.2) is 0 Å². The summed E-state index contributed by atoms with van der Waals surface area (Å²) >= 11 is 8.14. The summed E-state index contributed by atoms with van der Waals surface area (Å²) in [4.78, 5) is 23.8. The Morgan fingerprint density at radius 2 is 1.91 bits per heavy atom. The van der Waals surface area contributed by atoms with Crippen LogP contribution in [0.3, 0.4) is 0 Å². The van der Waals surface area contributed by atoms with Crippen molar-refractivity contribution in [3.05, 3.63) is 62.2 Å². The number of halogens is 2. The van der Waals surface area contributed by atoms with E-state index in [9.17, 15) is 9.59 Å². The molecule has 114 valence electrons. The Balaban J connectivity index is 1.91. The first-order valence-corrected chi connectivity index (χ1v) is 8.02. The highest BCUT2D eigenvalue weighted by molar-refractivity contribution is 14.1. The van der Waals surface area contributed by atoms with Crippen molar-refractivity contribution in [2.75, 3.05) is 11.9 Å². The second-order valence-electron chi connectivity index (χ2n) is 4.67. The first-order chi connectivity index (χ1) is 10.5. The number of anilines is 1. The second kappa shape index (κ2) is 7.60. The molecule has 0 aromatic heterocycles. The van der Waals surface area contributed by atoms with Gasteiger partial charge in [0.25, 0.3) is 5.91 Å². The van der Waals surface area contributed by atoms with Gasteiger partial charge in [-0.05, 0) is 59.3 Å². The molecule has 0 atom stereocenters. The van der Waals surface area contributed by atoms with Crippen molar-refractivity contribution in [1.29, 1.82) is 0 Å². The maximum absolute atomic E-state index is 11.9. The Labute approximate surface area is 147 Å². The first-order valence-electron chi connectivity index (χ1n) is 6.56. The van der Waals surface area contributed by atoms with Crippen LogP contribution in [0, 0.1) is 10.5 Å². The molecular formula is C16H14ClIN2O2. The minimum Gasteiger partial charge on any atom is -0.343 e. The molecule has 22 heavy (non-hydrogen) atoms. The third-order valence-electron chi connectivity index (χ3n) is 2.98. The highest BCUT2D eigenvalue weighted by Crippen LogP contribution is 2.17. The average Bonchev–Trinajstić information content (AvgIpc) is 2.49. The minimum absolute atomic E-state index is 0.117. The van der Waals surface area contributed by atoms with Crippen LogP contribution in [0.15, 0.2) is 42.5 Å². The predicted octanol–water partition coefficient (Wildman–Crippen LogP) is 3.62. The van der Waals surface area contributed by atoms with Gasteiger partial charge in [-0.1, -0.05) is 29.8 Å². The standard InChI is InChI=1S/C16H14ClIN2O2/c1-10-6-7-11(8-14(10)18)20-15(21)9-19-16(22)12-4-2-3-5-13(12)17/h2-8H,9H2,1H3,(H,19,22)(H,20,21). The van der Waals surface area contributed by atoms with Crippen LogP contribution in [0.5, 0.6) is 0 Å². The van der Waals surface area contributed by atoms with Crippen LogP contribution in [0.4, 0.5) is 5.69 Å². The fraction of sp³-hybridized carbons (Fsp3) is 0.125.